The molecule has 13 heavy (non-hydrogen) atoms. The fourth-order valence-electron chi connectivity index (χ4n) is 1.66. The highest BCUT2D eigenvalue weighted by molar-refractivity contribution is 4.74. The van der Waals surface area contributed by atoms with E-state index in [1.807, 2.05) is 7.05 Å². The molecule has 1 unspecified atom stereocenters. The summed E-state index contributed by atoms with van der Waals surface area (Å²) < 4.78 is 5.51. The van der Waals surface area contributed by atoms with Crippen LogP contribution < -0.4 is 0 Å². The first-order valence-corrected chi connectivity index (χ1v) is 5.00. The molecule has 1 heterocycles. The summed E-state index contributed by atoms with van der Waals surface area (Å²) in [7, 11) is 1.98. The minimum absolute atomic E-state index is 0.496. The molecule has 0 radical (unpaired) electrons. The summed E-state index contributed by atoms with van der Waals surface area (Å²) >= 11 is 0. The third-order valence-corrected chi connectivity index (χ3v) is 2.43. The second-order valence-electron chi connectivity index (χ2n) is 3.67. The highest BCUT2D eigenvalue weighted by Gasteiger charge is 2.14. The molecule has 1 aliphatic rings. The number of nitriles is 1. The predicted molar refractivity (Wildman–Crippen MR) is 51.3 cm³/mol. The van der Waals surface area contributed by atoms with Crippen molar-refractivity contribution in [3.8, 4) is 6.07 Å². The van der Waals surface area contributed by atoms with Crippen molar-refractivity contribution in [2.45, 2.75) is 31.8 Å². The van der Waals surface area contributed by atoms with Gasteiger partial charge in [0.05, 0.1) is 18.7 Å². The van der Waals surface area contributed by atoms with Crippen LogP contribution in [0.25, 0.3) is 0 Å². The van der Waals surface area contributed by atoms with Crippen LogP contribution >= 0.6 is 0 Å². The highest BCUT2D eigenvalue weighted by Crippen LogP contribution is 2.16. The molecule has 0 aromatic carbocycles. The van der Waals surface area contributed by atoms with E-state index in [1.54, 1.807) is 0 Å². The van der Waals surface area contributed by atoms with Crippen LogP contribution in [0.4, 0.5) is 0 Å². The van der Waals surface area contributed by atoms with E-state index in [1.165, 1.54) is 12.8 Å². The largest absolute Gasteiger partial charge is 0.378 e. The van der Waals surface area contributed by atoms with Crippen LogP contribution in [0.3, 0.4) is 0 Å². The molecule has 1 saturated heterocycles. The molecule has 0 aromatic rings. The van der Waals surface area contributed by atoms with Gasteiger partial charge in [-0.1, -0.05) is 0 Å². The van der Waals surface area contributed by atoms with Gasteiger partial charge in [0.25, 0.3) is 0 Å². The van der Waals surface area contributed by atoms with Crippen LogP contribution in [-0.2, 0) is 4.74 Å². The van der Waals surface area contributed by atoms with Crippen molar-refractivity contribution in [3.05, 3.63) is 0 Å². The second kappa shape index (κ2) is 5.95. The molecule has 0 bridgehead atoms. The average Bonchev–Trinajstić information content (AvgIpc) is 2.57. The molecule has 1 fully saturated rings. The van der Waals surface area contributed by atoms with Crippen molar-refractivity contribution < 1.29 is 4.74 Å². The molecule has 0 aromatic heterocycles. The normalized spacial score (nSPS) is 22.1. The Balaban J connectivity index is 1.97. The van der Waals surface area contributed by atoms with E-state index in [9.17, 15) is 0 Å². The number of ether oxygens (including phenoxy) is 1. The number of hydrogen-bond donors (Lipinski definition) is 0. The topological polar surface area (TPSA) is 36.3 Å². The van der Waals surface area contributed by atoms with Gasteiger partial charge in [-0.3, -0.25) is 4.90 Å². The van der Waals surface area contributed by atoms with Crippen LogP contribution in [-0.4, -0.2) is 37.7 Å². The fourth-order valence-corrected chi connectivity index (χ4v) is 1.66. The van der Waals surface area contributed by atoms with Gasteiger partial charge in [0.2, 0.25) is 0 Å². The Morgan fingerprint density at radius 1 is 1.62 bits per heavy atom. The Morgan fingerprint density at radius 2 is 2.46 bits per heavy atom. The Bertz CT molecular complexity index is 170. The quantitative estimate of drug-likeness (QED) is 0.603. The molecule has 0 saturated carbocycles. The van der Waals surface area contributed by atoms with E-state index in [4.69, 9.17) is 10.00 Å². The molecule has 1 rings (SSSR count). The van der Waals surface area contributed by atoms with Gasteiger partial charge in [0.1, 0.15) is 0 Å². The smallest absolute Gasteiger partial charge is 0.0863 e. The Morgan fingerprint density at radius 3 is 3.08 bits per heavy atom. The van der Waals surface area contributed by atoms with E-state index in [0.29, 0.717) is 12.6 Å². The van der Waals surface area contributed by atoms with Gasteiger partial charge < -0.3 is 4.74 Å². The van der Waals surface area contributed by atoms with E-state index in [-0.39, 0.29) is 0 Å². The van der Waals surface area contributed by atoms with Gasteiger partial charge >= 0.3 is 0 Å². The SMILES string of the molecule is CN(CC#N)CCCC1CCCO1. The summed E-state index contributed by atoms with van der Waals surface area (Å²) in [6.07, 6.45) is 5.23. The van der Waals surface area contributed by atoms with Crippen LogP contribution in [0, 0.1) is 11.3 Å². The van der Waals surface area contributed by atoms with E-state index in [2.05, 4.69) is 11.0 Å². The van der Waals surface area contributed by atoms with Crippen LogP contribution in [0.15, 0.2) is 0 Å². The minimum Gasteiger partial charge on any atom is -0.378 e. The third-order valence-electron chi connectivity index (χ3n) is 2.43. The van der Waals surface area contributed by atoms with Gasteiger partial charge in [-0.2, -0.15) is 5.26 Å². The third kappa shape index (κ3) is 4.25. The van der Waals surface area contributed by atoms with E-state index >= 15 is 0 Å². The molecule has 0 spiro atoms. The Kier molecular flexibility index (Phi) is 4.81. The molecule has 0 aliphatic carbocycles. The van der Waals surface area contributed by atoms with Crippen molar-refractivity contribution >= 4 is 0 Å². The van der Waals surface area contributed by atoms with Crippen molar-refractivity contribution in [1.29, 1.82) is 5.26 Å². The molecule has 3 heteroatoms. The number of hydrogen-bond acceptors (Lipinski definition) is 3. The lowest BCUT2D eigenvalue weighted by atomic mass is 10.1. The summed E-state index contributed by atoms with van der Waals surface area (Å²) in [4.78, 5) is 2.05. The zero-order chi connectivity index (χ0) is 9.52. The lowest BCUT2D eigenvalue weighted by Gasteiger charge is -2.14. The zero-order valence-corrected chi connectivity index (χ0v) is 8.33. The maximum absolute atomic E-state index is 8.43. The van der Waals surface area contributed by atoms with Crippen LogP contribution in [0.5, 0.6) is 0 Å². The van der Waals surface area contributed by atoms with Crippen LogP contribution in [0.1, 0.15) is 25.7 Å². The van der Waals surface area contributed by atoms with Gasteiger partial charge in [-0.25, -0.2) is 0 Å². The standard InChI is InChI=1S/C10H18N2O/c1-12(8-6-11)7-2-4-10-5-3-9-13-10/h10H,2-5,7-9H2,1H3. The first-order chi connectivity index (χ1) is 6.33. The zero-order valence-electron chi connectivity index (χ0n) is 8.33. The second-order valence-corrected chi connectivity index (χ2v) is 3.67. The molecular weight excluding hydrogens is 164 g/mol. The van der Waals surface area contributed by atoms with Crippen molar-refractivity contribution in [3.63, 3.8) is 0 Å². The summed E-state index contributed by atoms with van der Waals surface area (Å²) in [5.41, 5.74) is 0. The number of rotatable bonds is 5. The average molecular weight is 182 g/mol. The Labute approximate surface area is 80.3 Å². The molecule has 1 aliphatic heterocycles. The monoisotopic (exact) mass is 182 g/mol. The van der Waals surface area contributed by atoms with Gasteiger partial charge in [0.15, 0.2) is 0 Å². The molecule has 0 amide bonds. The fraction of sp³-hybridized carbons (Fsp3) is 0.900. The van der Waals surface area contributed by atoms with Gasteiger partial charge in [0, 0.05) is 6.61 Å². The lowest BCUT2D eigenvalue weighted by molar-refractivity contribution is 0.100. The first kappa shape index (κ1) is 10.5. The molecule has 74 valence electrons. The minimum atomic E-state index is 0.496. The lowest BCUT2D eigenvalue weighted by Crippen LogP contribution is -2.21. The summed E-state index contributed by atoms with van der Waals surface area (Å²) in [5.74, 6) is 0. The van der Waals surface area contributed by atoms with Crippen molar-refractivity contribution in [2.75, 3.05) is 26.7 Å². The molecule has 1 atom stereocenters. The summed E-state index contributed by atoms with van der Waals surface area (Å²) in [6, 6.07) is 2.14. The van der Waals surface area contributed by atoms with E-state index < -0.39 is 0 Å². The first-order valence-electron chi connectivity index (χ1n) is 5.00. The van der Waals surface area contributed by atoms with Gasteiger partial charge in [-0.05, 0) is 39.3 Å². The van der Waals surface area contributed by atoms with E-state index in [0.717, 1.165) is 26.0 Å². The molecule has 0 N–H and O–H groups in total. The highest BCUT2D eigenvalue weighted by atomic mass is 16.5. The Hall–Kier alpha value is -0.590. The number of nitrogens with zero attached hydrogens (tertiary/aromatic N) is 2. The molecule has 3 nitrogen and oxygen atoms in total. The predicted octanol–water partition coefficient (Wildman–Crippen LogP) is 1.40. The van der Waals surface area contributed by atoms with Crippen molar-refractivity contribution in [2.24, 2.45) is 0 Å². The van der Waals surface area contributed by atoms with Gasteiger partial charge in [-0.15, -0.1) is 0 Å². The van der Waals surface area contributed by atoms with Crippen LogP contribution in [0.2, 0.25) is 0 Å². The summed E-state index contributed by atoms with van der Waals surface area (Å²) in [5, 5.41) is 8.43. The summed E-state index contributed by atoms with van der Waals surface area (Å²) in [6.45, 7) is 2.48. The molecular formula is C10H18N2O. The van der Waals surface area contributed by atoms with Crippen molar-refractivity contribution in [1.82, 2.24) is 4.90 Å². The maximum Gasteiger partial charge on any atom is 0.0863 e. The maximum atomic E-state index is 8.43.